The molecule has 0 saturated heterocycles. The van der Waals surface area contributed by atoms with Crippen molar-refractivity contribution in [2.45, 2.75) is 32.2 Å². The first-order chi connectivity index (χ1) is 10.2. The topological polar surface area (TPSA) is 21.3 Å². The number of hydrogen-bond donors (Lipinski definition) is 1. The number of rotatable bonds is 5. The van der Waals surface area contributed by atoms with Crippen LogP contribution in [-0.2, 0) is 6.42 Å². The van der Waals surface area contributed by atoms with Gasteiger partial charge < -0.3 is 10.1 Å². The Kier molecular flexibility index (Phi) is 3.98. The van der Waals surface area contributed by atoms with E-state index >= 15 is 0 Å². The van der Waals surface area contributed by atoms with Crippen molar-refractivity contribution in [3.63, 3.8) is 0 Å². The smallest absolute Gasteiger partial charge is 0.124 e. The molecule has 1 aliphatic carbocycles. The van der Waals surface area contributed by atoms with Crippen LogP contribution < -0.4 is 10.1 Å². The second-order valence-electron chi connectivity index (χ2n) is 5.75. The van der Waals surface area contributed by atoms with Crippen molar-refractivity contribution in [3.8, 4) is 5.75 Å². The van der Waals surface area contributed by atoms with E-state index in [4.69, 9.17) is 4.74 Å². The largest absolute Gasteiger partial charge is 0.494 e. The van der Waals surface area contributed by atoms with Crippen molar-refractivity contribution < 1.29 is 4.74 Å². The summed E-state index contributed by atoms with van der Waals surface area (Å²) in [5.41, 5.74) is 5.51. The predicted molar refractivity (Wildman–Crippen MR) is 87.0 cm³/mol. The van der Waals surface area contributed by atoms with Gasteiger partial charge in [-0.3, -0.25) is 0 Å². The van der Waals surface area contributed by atoms with Gasteiger partial charge in [0.15, 0.2) is 0 Å². The lowest BCUT2D eigenvalue weighted by molar-refractivity contribution is 0.325. The molecule has 21 heavy (non-hydrogen) atoms. The molecule has 2 aromatic carbocycles. The Morgan fingerprint density at radius 1 is 1.24 bits per heavy atom. The maximum Gasteiger partial charge on any atom is 0.124 e. The number of ether oxygens (including phenoxy) is 1. The molecular formula is C19H23NO. The highest BCUT2D eigenvalue weighted by atomic mass is 16.5. The minimum Gasteiger partial charge on any atom is -0.494 e. The molecule has 3 rings (SSSR count). The zero-order valence-corrected chi connectivity index (χ0v) is 13.0. The van der Waals surface area contributed by atoms with Crippen molar-refractivity contribution in [1.29, 1.82) is 0 Å². The molecule has 0 amide bonds. The molecular weight excluding hydrogens is 258 g/mol. The number of hydrogen-bond acceptors (Lipinski definition) is 2. The average Bonchev–Trinajstić information content (AvgIpc) is 2.47. The van der Waals surface area contributed by atoms with Crippen LogP contribution in [0.3, 0.4) is 0 Å². The molecule has 0 spiro atoms. The Balaban J connectivity index is 1.96. The number of fused-ring (bicyclic) bond motifs is 1. The fraction of sp³-hybridized carbons (Fsp3) is 0.368. The lowest BCUT2D eigenvalue weighted by atomic mass is 9.71. The second kappa shape index (κ2) is 5.90. The average molecular weight is 281 g/mol. The summed E-state index contributed by atoms with van der Waals surface area (Å²) in [6.07, 6.45) is 1.14. The summed E-state index contributed by atoms with van der Waals surface area (Å²) in [7, 11) is 2.05. The first-order valence-corrected chi connectivity index (χ1v) is 7.73. The van der Waals surface area contributed by atoms with Crippen LogP contribution in [0.2, 0.25) is 0 Å². The van der Waals surface area contributed by atoms with Gasteiger partial charge in [0.1, 0.15) is 5.75 Å². The van der Waals surface area contributed by atoms with Gasteiger partial charge in [0, 0.05) is 17.5 Å². The maximum absolute atomic E-state index is 5.84. The van der Waals surface area contributed by atoms with Crippen molar-refractivity contribution in [2.24, 2.45) is 0 Å². The van der Waals surface area contributed by atoms with Crippen LogP contribution >= 0.6 is 0 Å². The van der Waals surface area contributed by atoms with Gasteiger partial charge in [-0.1, -0.05) is 42.0 Å². The second-order valence-corrected chi connectivity index (χ2v) is 5.75. The van der Waals surface area contributed by atoms with Gasteiger partial charge in [0.05, 0.1) is 6.61 Å². The molecule has 2 unspecified atom stereocenters. The van der Waals surface area contributed by atoms with E-state index in [1.54, 1.807) is 0 Å². The van der Waals surface area contributed by atoms with E-state index in [9.17, 15) is 0 Å². The summed E-state index contributed by atoms with van der Waals surface area (Å²) in [6.45, 7) is 4.88. The Morgan fingerprint density at radius 2 is 2.05 bits per heavy atom. The summed E-state index contributed by atoms with van der Waals surface area (Å²) in [6, 6.07) is 15.5. The monoisotopic (exact) mass is 281 g/mol. The quantitative estimate of drug-likeness (QED) is 0.894. The van der Waals surface area contributed by atoms with Crippen LogP contribution in [0, 0.1) is 6.92 Å². The van der Waals surface area contributed by atoms with Gasteiger partial charge in [0.25, 0.3) is 0 Å². The molecule has 110 valence electrons. The van der Waals surface area contributed by atoms with Crippen molar-refractivity contribution in [1.82, 2.24) is 5.32 Å². The van der Waals surface area contributed by atoms with Crippen molar-refractivity contribution >= 4 is 0 Å². The Morgan fingerprint density at radius 3 is 2.76 bits per heavy atom. The summed E-state index contributed by atoms with van der Waals surface area (Å²) in [5, 5.41) is 3.51. The fourth-order valence-corrected chi connectivity index (χ4v) is 3.37. The normalized spacial score (nSPS) is 17.8. The molecule has 2 atom stereocenters. The Labute approximate surface area is 127 Å². The third-order valence-electron chi connectivity index (χ3n) is 4.41. The number of aryl methyl sites for hydroxylation is 1. The molecule has 0 bridgehead atoms. The zero-order valence-electron chi connectivity index (χ0n) is 13.0. The molecule has 2 aromatic rings. The van der Waals surface area contributed by atoms with Crippen LogP contribution in [0.5, 0.6) is 5.75 Å². The SMILES string of the molecule is CCOc1ccc(C)cc1C(NC)C1Cc2ccccc21. The minimum absolute atomic E-state index is 0.307. The fourth-order valence-electron chi connectivity index (χ4n) is 3.37. The van der Waals surface area contributed by atoms with E-state index in [1.807, 2.05) is 14.0 Å². The molecule has 1 N–H and O–H groups in total. The zero-order chi connectivity index (χ0) is 14.8. The standard InChI is InChI=1S/C19H23NO/c1-4-21-18-10-9-13(2)11-17(18)19(20-3)16-12-14-7-5-6-8-15(14)16/h5-11,16,19-20H,4,12H2,1-3H3. The maximum atomic E-state index is 5.84. The van der Waals surface area contributed by atoms with Crippen LogP contribution in [0.25, 0.3) is 0 Å². The molecule has 0 aromatic heterocycles. The van der Waals surface area contributed by atoms with Crippen LogP contribution in [0.15, 0.2) is 42.5 Å². The highest BCUT2D eigenvalue weighted by Crippen LogP contribution is 2.45. The molecule has 0 saturated carbocycles. The number of likely N-dealkylation sites (N-methyl/N-ethyl adjacent to an activating group) is 1. The first-order valence-electron chi connectivity index (χ1n) is 7.73. The highest BCUT2D eigenvalue weighted by molar-refractivity contribution is 5.47. The Hall–Kier alpha value is -1.80. The Bertz CT molecular complexity index is 635. The third-order valence-corrected chi connectivity index (χ3v) is 4.41. The molecule has 0 aliphatic heterocycles. The molecule has 2 heteroatoms. The minimum atomic E-state index is 0.307. The van der Waals surface area contributed by atoms with Crippen LogP contribution in [-0.4, -0.2) is 13.7 Å². The van der Waals surface area contributed by atoms with Crippen molar-refractivity contribution in [2.75, 3.05) is 13.7 Å². The first kappa shape index (κ1) is 14.2. The predicted octanol–water partition coefficient (Wildman–Crippen LogP) is 3.99. The van der Waals surface area contributed by atoms with Gasteiger partial charge in [-0.15, -0.1) is 0 Å². The summed E-state index contributed by atoms with van der Waals surface area (Å²) in [4.78, 5) is 0. The van der Waals surface area contributed by atoms with Gasteiger partial charge in [-0.2, -0.15) is 0 Å². The van der Waals surface area contributed by atoms with E-state index in [2.05, 4.69) is 54.7 Å². The van der Waals surface area contributed by atoms with Crippen LogP contribution in [0.4, 0.5) is 0 Å². The number of benzene rings is 2. The van der Waals surface area contributed by atoms with Gasteiger partial charge in [-0.25, -0.2) is 0 Å². The summed E-state index contributed by atoms with van der Waals surface area (Å²) < 4.78 is 5.84. The van der Waals surface area contributed by atoms with E-state index in [0.29, 0.717) is 18.6 Å². The molecule has 1 aliphatic rings. The lowest BCUT2D eigenvalue weighted by Gasteiger charge is -2.37. The van der Waals surface area contributed by atoms with E-state index in [0.717, 1.165) is 12.2 Å². The summed E-state index contributed by atoms with van der Waals surface area (Å²) >= 11 is 0. The summed E-state index contributed by atoms with van der Waals surface area (Å²) in [5.74, 6) is 1.54. The van der Waals surface area contributed by atoms with E-state index < -0.39 is 0 Å². The van der Waals surface area contributed by atoms with Crippen molar-refractivity contribution in [3.05, 3.63) is 64.7 Å². The lowest BCUT2D eigenvalue weighted by Crippen LogP contribution is -2.31. The number of nitrogens with one attached hydrogen (secondary N) is 1. The van der Waals surface area contributed by atoms with E-state index in [1.165, 1.54) is 22.3 Å². The molecule has 0 heterocycles. The molecule has 2 nitrogen and oxygen atoms in total. The van der Waals surface area contributed by atoms with Gasteiger partial charge >= 0.3 is 0 Å². The molecule has 0 radical (unpaired) electrons. The molecule has 0 fully saturated rings. The van der Waals surface area contributed by atoms with Crippen LogP contribution in [0.1, 0.15) is 41.1 Å². The van der Waals surface area contributed by atoms with Gasteiger partial charge in [-0.05, 0) is 44.5 Å². The third kappa shape index (κ3) is 2.56. The van der Waals surface area contributed by atoms with Gasteiger partial charge in [0.2, 0.25) is 0 Å². The van der Waals surface area contributed by atoms with E-state index in [-0.39, 0.29) is 0 Å². The highest BCUT2D eigenvalue weighted by Gasteiger charge is 2.34.